The monoisotopic (exact) mass is 472 g/mol. The van der Waals surface area contributed by atoms with Crippen LogP contribution in [0, 0.1) is 24.0 Å². The molecule has 3 rings (SSSR count). The lowest BCUT2D eigenvalue weighted by Gasteiger charge is -2.11. The summed E-state index contributed by atoms with van der Waals surface area (Å²) in [7, 11) is 2.67. The van der Waals surface area contributed by atoms with Crippen molar-refractivity contribution in [3.63, 3.8) is 0 Å². The van der Waals surface area contributed by atoms with E-state index in [1.807, 2.05) is 29.9 Å². The van der Waals surface area contributed by atoms with E-state index in [1.54, 1.807) is 17.4 Å². The highest BCUT2D eigenvalue weighted by Crippen LogP contribution is 2.34. The van der Waals surface area contributed by atoms with E-state index in [-0.39, 0.29) is 22.8 Å². The molecule has 0 aliphatic carbocycles. The third kappa shape index (κ3) is 5.23. The number of ketones is 1. The van der Waals surface area contributed by atoms with E-state index in [2.05, 4.69) is 6.07 Å². The van der Waals surface area contributed by atoms with E-state index < -0.39 is 23.2 Å². The average molecular weight is 473 g/mol. The summed E-state index contributed by atoms with van der Waals surface area (Å²) in [5.41, 5.74) is 1.33. The molecule has 0 aliphatic rings. The Hall–Kier alpha value is -3.66. The second-order valence-electron chi connectivity index (χ2n) is 7.25. The van der Waals surface area contributed by atoms with Crippen LogP contribution in [-0.4, -0.2) is 42.1 Å². The third-order valence-electron chi connectivity index (χ3n) is 5.29. The zero-order chi connectivity index (χ0) is 24.1. The molecule has 0 bridgehead atoms. The summed E-state index contributed by atoms with van der Waals surface area (Å²) in [5, 5.41) is 13.4. The first-order valence-electron chi connectivity index (χ1n) is 10.1. The Balaban J connectivity index is 1.74. The van der Waals surface area contributed by atoms with Crippen molar-refractivity contribution in [1.82, 2.24) is 4.57 Å². The second-order valence-corrected chi connectivity index (χ2v) is 8.28. The van der Waals surface area contributed by atoms with Crippen LogP contribution < -0.4 is 9.47 Å². The third-order valence-corrected chi connectivity index (χ3v) is 6.22. The number of aromatic nitrogens is 1. The van der Waals surface area contributed by atoms with Gasteiger partial charge in [0.1, 0.15) is 5.56 Å². The van der Waals surface area contributed by atoms with E-state index in [0.29, 0.717) is 5.56 Å². The van der Waals surface area contributed by atoms with Crippen LogP contribution in [0.25, 0.3) is 0 Å². The number of carbonyl (C=O) groups excluding carboxylic acids is 2. The topological polar surface area (TPSA) is 110 Å². The van der Waals surface area contributed by atoms with Crippen LogP contribution in [0.1, 0.15) is 37.0 Å². The highest BCUT2D eigenvalue weighted by Gasteiger charge is 2.27. The van der Waals surface area contributed by atoms with Crippen LogP contribution in [0.4, 0.5) is 5.69 Å². The summed E-state index contributed by atoms with van der Waals surface area (Å²) in [5.74, 6) is -1.15. The fourth-order valence-corrected chi connectivity index (χ4v) is 4.27. The minimum absolute atomic E-state index is 0.104. The molecule has 0 unspecified atom stereocenters. The van der Waals surface area contributed by atoms with E-state index in [4.69, 9.17) is 14.2 Å². The number of rotatable bonds is 10. The summed E-state index contributed by atoms with van der Waals surface area (Å²) < 4.78 is 17.3. The molecule has 0 saturated carbocycles. The molecule has 0 saturated heterocycles. The number of esters is 1. The number of methoxy groups -OCH3 is 2. The maximum absolute atomic E-state index is 12.8. The van der Waals surface area contributed by atoms with E-state index in [0.717, 1.165) is 30.4 Å². The Bertz CT molecular complexity index is 1180. The fraction of sp³-hybridized carbons (Fsp3) is 0.304. The van der Waals surface area contributed by atoms with Crippen molar-refractivity contribution < 1.29 is 28.7 Å². The second kappa shape index (κ2) is 10.3. The Labute approximate surface area is 194 Å². The standard InChI is InChI=1S/C23H24N2O7S/c1-14-10-17(15(2)24(14)8-7-16-6-5-9-33-16)20(26)13-32-23(27)18-11-21(30-3)22(31-4)12-19(18)25(28)29/h5-6,9-12H,7-8,13H2,1-4H3. The van der Waals surface area contributed by atoms with Gasteiger partial charge < -0.3 is 18.8 Å². The van der Waals surface area contributed by atoms with Gasteiger partial charge in [0.25, 0.3) is 5.69 Å². The molecule has 1 aromatic carbocycles. The molecule has 9 nitrogen and oxygen atoms in total. The first-order chi connectivity index (χ1) is 15.8. The molecule has 2 aromatic heterocycles. The molecule has 3 aromatic rings. The largest absolute Gasteiger partial charge is 0.493 e. The smallest absolute Gasteiger partial charge is 0.345 e. The van der Waals surface area contributed by atoms with Gasteiger partial charge in [-0.2, -0.15) is 0 Å². The SMILES string of the molecule is COc1cc(C(=O)OCC(=O)c2cc(C)n(CCc3cccs3)c2C)c([N+](=O)[O-])cc1OC. The van der Waals surface area contributed by atoms with Gasteiger partial charge in [0.2, 0.25) is 5.78 Å². The first-order valence-corrected chi connectivity index (χ1v) is 10.9. The number of aryl methyl sites for hydroxylation is 2. The molecule has 33 heavy (non-hydrogen) atoms. The summed E-state index contributed by atoms with van der Waals surface area (Å²) in [4.78, 5) is 37.3. The van der Waals surface area contributed by atoms with Crippen molar-refractivity contribution in [3.8, 4) is 11.5 Å². The first kappa shape index (κ1) is 24.0. The number of carbonyl (C=O) groups is 2. The predicted octanol–water partition coefficient (Wildman–Crippen LogP) is 4.37. The molecular weight excluding hydrogens is 448 g/mol. The Morgan fingerprint density at radius 3 is 2.39 bits per heavy atom. The van der Waals surface area contributed by atoms with Crippen molar-refractivity contribution >= 4 is 28.8 Å². The van der Waals surface area contributed by atoms with Gasteiger partial charge in [-0.1, -0.05) is 6.07 Å². The van der Waals surface area contributed by atoms with Crippen molar-refractivity contribution in [1.29, 1.82) is 0 Å². The minimum Gasteiger partial charge on any atom is -0.493 e. The number of benzene rings is 1. The van der Waals surface area contributed by atoms with Crippen LogP contribution in [-0.2, 0) is 17.7 Å². The number of hydrogen-bond donors (Lipinski definition) is 0. The normalized spacial score (nSPS) is 10.7. The molecule has 0 N–H and O–H groups in total. The lowest BCUT2D eigenvalue weighted by atomic mass is 10.1. The van der Waals surface area contributed by atoms with Crippen LogP contribution in [0.3, 0.4) is 0 Å². The number of Topliss-reactive ketones (excluding diaryl/α,β-unsaturated/α-hetero) is 1. The highest BCUT2D eigenvalue weighted by atomic mass is 32.1. The van der Waals surface area contributed by atoms with Crippen LogP contribution in [0.2, 0.25) is 0 Å². The van der Waals surface area contributed by atoms with Gasteiger partial charge in [-0.3, -0.25) is 14.9 Å². The summed E-state index contributed by atoms with van der Waals surface area (Å²) in [6, 6.07) is 8.08. The molecule has 0 atom stereocenters. The number of hydrogen-bond acceptors (Lipinski definition) is 8. The highest BCUT2D eigenvalue weighted by molar-refractivity contribution is 7.09. The number of thiophene rings is 1. The number of nitro benzene ring substituents is 1. The molecule has 0 fully saturated rings. The number of nitro groups is 1. The van der Waals surface area contributed by atoms with Crippen molar-refractivity contribution in [2.75, 3.05) is 20.8 Å². The number of nitrogens with zero attached hydrogens (tertiary/aromatic N) is 2. The van der Waals surface area contributed by atoms with Gasteiger partial charge in [0, 0.05) is 34.4 Å². The molecule has 0 radical (unpaired) electrons. The van der Waals surface area contributed by atoms with Crippen molar-refractivity contribution in [3.05, 3.63) is 73.2 Å². The van der Waals surface area contributed by atoms with Gasteiger partial charge in [0.05, 0.1) is 25.2 Å². The summed E-state index contributed by atoms with van der Waals surface area (Å²) >= 11 is 1.68. The Morgan fingerprint density at radius 1 is 1.09 bits per heavy atom. The molecule has 174 valence electrons. The predicted molar refractivity (Wildman–Crippen MR) is 123 cm³/mol. The quantitative estimate of drug-likeness (QED) is 0.186. The summed E-state index contributed by atoms with van der Waals surface area (Å²) in [6.07, 6.45) is 0.847. The van der Waals surface area contributed by atoms with E-state index in [9.17, 15) is 19.7 Å². The molecule has 10 heteroatoms. The van der Waals surface area contributed by atoms with Gasteiger partial charge in [-0.25, -0.2) is 4.79 Å². The maximum Gasteiger partial charge on any atom is 0.345 e. The summed E-state index contributed by atoms with van der Waals surface area (Å²) in [6.45, 7) is 3.94. The lowest BCUT2D eigenvalue weighted by molar-refractivity contribution is -0.385. The fourth-order valence-electron chi connectivity index (χ4n) is 3.57. The van der Waals surface area contributed by atoms with E-state index >= 15 is 0 Å². The van der Waals surface area contributed by atoms with Gasteiger partial charge >= 0.3 is 5.97 Å². The lowest BCUT2D eigenvalue weighted by Crippen LogP contribution is -2.16. The van der Waals surface area contributed by atoms with E-state index in [1.165, 1.54) is 25.2 Å². The molecule has 0 amide bonds. The minimum atomic E-state index is -0.998. The van der Waals surface area contributed by atoms with Crippen LogP contribution in [0.5, 0.6) is 11.5 Å². The maximum atomic E-state index is 12.8. The number of ether oxygens (including phenoxy) is 3. The Kier molecular flexibility index (Phi) is 7.49. The van der Waals surface area contributed by atoms with Gasteiger partial charge in [-0.15, -0.1) is 11.3 Å². The van der Waals surface area contributed by atoms with Crippen molar-refractivity contribution in [2.45, 2.75) is 26.8 Å². The van der Waals surface area contributed by atoms with Crippen LogP contribution in [0.15, 0.2) is 35.7 Å². The molecule has 0 aliphatic heterocycles. The van der Waals surface area contributed by atoms with Crippen LogP contribution >= 0.6 is 11.3 Å². The molecular formula is C23H24N2O7S. The Morgan fingerprint density at radius 2 is 1.79 bits per heavy atom. The van der Waals surface area contributed by atoms with Gasteiger partial charge in [-0.05, 0) is 37.8 Å². The zero-order valence-electron chi connectivity index (χ0n) is 18.7. The van der Waals surface area contributed by atoms with Gasteiger partial charge in [0.15, 0.2) is 18.1 Å². The molecule has 0 spiro atoms. The van der Waals surface area contributed by atoms with Crippen molar-refractivity contribution in [2.24, 2.45) is 0 Å². The zero-order valence-corrected chi connectivity index (χ0v) is 19.6. The average Bonchev–Trinajstić information content (AvgIpc) is 3.42. The molecule has 2 heterocycles.